The van der Waals surface area contributed by atoms with E-state index in [-0.39, 0.29) is 11.3 Å². The summed E-state index contributed by atoms with van der Waals surface area (Å²) in [4.78, 5) is 15.5. The number of carboxylic acids is 1. The highest BCUT2D eigenvalue weighted by Gasteiger charge is 2.18. The minimum atomic E-state index is -1.08. The molecule has 2 rings (SSSR count). The third-order valence-corrected chi connectivity index (χ3v) is 2.75. The van der Waals surface area contributed by atoms with E-state index in [0.717, 1.165) is 5.69 Å². The Labute approximate surface area is 103 Å². The summed E-state index contributed by atoms with van der Waals surface area (Å²) in [5.74, 6) is -0.808. The smallest absolute Gasteiger partial charge is 0.340 e. The minimum absolute atomic E-state index is 0.0440. The van der Waals surface area contributed by atoms with Crippen LogP contribution in [0.2, 0.25) is 5.02 Å². The molecule has 1 aromatic carbocycles. The number of methoxy groups -OCH3 is 1. The second-order valence-electron chi connectivity index (χ2n) is 3.59. The molecule has 2 aromatic rings. The summed E-state index contributed by atoms with van der Waals surface area (Å²) in [6.07, 6.45) is 0. The molecule has 1 N–H and O–H groups in total. The molecule has 88 valence electrons. The molecule has 0 aliphatic carbocycles. The van der Waals surface area contributed by atoms with Crippen LogP contribution in [0.4, 0.5) is 0 Å². The first-order chi connectivity index (χ1) is 8.04. The lowest BCUT2D eigenvalue weighted by Crippen LogP contribution is -2.03. The number of ether oxygens (including phenoxy) is 1. The van der Waals surface area contributed by atoms with Gasteiger partial charge in [-0.2, -0.15) is 0 Å². The number of rotatable bonds is 2. The quantitative estimate of drug-likeness (QED) is 0.892. The Kier molecular flexibility index (Phi) is 2.90. The highest BCUT2D eigenvalue weighted by molar-refractivity contribution is 6.36. The van der Waals surface area contributed by atoms with Gasteiger partial charge < -0.3 is 9.84 Å². The average molecular weight is 252 g/mol. The van der Waals surface area contributed by atoms with Gasteiger partial charge in [0.1, 0.15) is 11.3 Å². The summed E-state index contributed by atoms with van der Waals surface area (Å²) in [6.45, 7) is 1.80. The van der Waals surface area contributed by atoms with Gasteiger partial charge in [0.15, 0.2) is 0 Å². The van der Waals surface area contributed by atoms with E-state index in [0.29, 0.717) is 15.9 Å². The van der Waals surface area contributed by atoms with Gasteiger partial charge in [0.05, 0.1) is 17.6 Å². The molecule has 0 spiro atoms. The Balaban J connectivity index is 2.94. The lowest BCUT2D eigenvalue weighted by atomic mass is 10.1. The molecule has 5 heteroatoms. The molecule has 0 saturated heterocycles. The largest absolute Gasteiger partial charge is 0.496 e. The molecule has 0 amide bonds. The van der Waals surface area contributed by atoms with Crippen molar-refractivity contribution in [2.45, 2.75) is 6.92 Å². The van der Waals surface area contributed by atoms with Gasteiger partial charge in [0.25, 0.3) is 0 Å². The van der Waals surface area contributed by atoms with Crippen molar-refractivity contribution in [1.82, 2.24) is 4.98 Å². The zero-order valence-electron chi connectivity index (χ0n) is 9.32. The van der Waals surface area contributed by atoms with Crippen LogP contribution in [-0.4, -0.2) is 23.2 Å². The van der Waals surface area contributed by atoms with Crippen LogP contribution >= 0.6 is 11.6 Å². The molecule has 1 aromatic heterocycles. The van der Waals surface area contributed by atoms with Gasteiger partial charge in [0.2, 0.25) is 0 Å². The van der Waals surface area contributed by atoms with Crippen LogP contribution in [0.1, 0.15) is 16.1 Å². The molecule has 0 aliphatic heterocycles. The number of carbonyl (C=O) groups is 1. The third-order valence-electron chi connectivity index (χ3n) is 2.45. The second-order valence-corrected chi connectivity index (χ2v) is 3.99. The van der Waals surface area contributed by atoms with Crippen molar-refractivity contribution in [1.29, 1.82) is 0 Å². The van der Waals surface area contributed by atoms with Crippen molar-refractivity contribution in [3.05, 3.63) is 34.5 Å². The van der Waals surface area contributed by atoms with Crippen molar-refractivity contribution in [3.63, 3.8) is 0 Å². The van der Waals surface area contributed by atoms with Crippen LogP contribution in [0.5, 0.6) is 5.75 Å². The van der Waals surface area contributed by atoms with Gasteiger partial charge in [0, 0.05) is 11.1 Å². The topological polar surface area (TPSA) is 59.4 Å². The van der Waals surface area contributed by atoms with E-state index in [2.05, 4.69) is 4.98 Å². The summed E-state index contributed by atoms with van der Waals surface area (Å²) < 4.78 is 5.03. The van der Waals surface area contributed by atoms with Crippen molar-refractivity contribution in [2.24, 2.45) is 0 Å². The molecule has 0 unspecified atom stereocenters. The van der Waals surface area contributed by atoms with Gasteiger partial charge in [-0.25, -0.2) is 4.79 Å². The predicted molar refractivity (Wildman–Crippen MR) is 65.0 cm³/mol. The summed E-state index contributed by atoms with van der Waals surface area (Å²) in [7, 11) is 1.42. The Hall–Kier alpha value is -1.81. The normalized spacial score (nSPS) is 10.5. The van der Waals surface area contributed by atoms with Crippen LogP contribution < -0.4 is 4.74 Å². The summed E-state index contributed by atoms with van der Waals surface area (Å²) in [5, 5.41) is 9.99. The zero-order valence-corrected chi connectivity index (χ0v) is 10.1. The molecule has 0 bridgehead atoms. The standard InChI is InChI=1S/C12H10ClNO3/c1-6-5-7(13)10-8(14-6)3-4-9(17-2)11(10)12(15)16/h3-5H,1-2H3,(H,15,16). The molecule has 4 nitrogen and oxygen atoms in total. The molecule has 0 saturated carbocycles. The average Bonchev–Trinajstić information content (AvgIpc) is 2.27. The summed E-state index contributed by atoms with van der Waals surface area (Å²) in [5.41, 5.74) is 1.33. The SMILES string of the molecule is COc1ccc2nc(C)cc(Cl)c2c1C(=O)O. The number of aromatic carboxylic acids is 1. The van der Waals surface area contributed by atoms with E-state index in [4.69, 9.17) is 16.3 Å². The summed E-state index contributed by atoms with van der Waals surface area (Å²) in [6, 6.07) is 4.91. The Morgan fingerprint density at radius 3 is 2.76 bits per heavy atom. The molecule has 0 fully saturated rings. The number of nitrogens with zero attached hydrogens (tertiary/aromatic N) is 1. The van der Waals surface area contributed by atoms with Crippen LogP contribution in [0, 0.1) is 6.92 Å². The monoisotopic (exact) mass is 251 g/mol. The van der Waals surface area contributed by atoms with Crippen LogP contribution in [-0.2, 0) is 0 Å². The Morgan fingerprint density at radius 1 is 1.47 bits per heavy atom. The number of hydrogen-bond acceptors (Lipinski definition) is 3. The Morgan fingerprint density at radius 2 is 2.18 bits per heavy atom. The van der Waals surface area contributed by atoms with Crippen molar-refractivity contribution < 1.29 is 14.6 Å². The fourth-order valence-electron chi connectivity index (χ4n) is 1.77. The fraction of sp³-hybridized carbons (Fsp3) is 0.167. The van der Waals surface area contributed by atoms with Crippen molar-refractivity contribution in [2.75, 3.05) is 7.11 Å². The molecular weight excluding hydrogens is 242 g/mol. The van der Waals surface area contributed by atoms with Crippen LogP contribution in [0.15, 0.2) is 18.2 Å². The number of aromatic nitrogens is 1. The summed E-state index contributed by atoms with van der Waals surface area (Å²) >= 11 is 6.08. The van der Waals surface area contributed by atoms with Gasteiger partial charge in [-0.3, -0.25) is 4.98 Å². The zero-order chi connectivity index (χ0) is 12.6. The highest BCUT2D eigenvalue weighted by Crippen LogP contribution is 2.32. The predicted octanol–water partition coefficient (Wildman–Crippen LogP) is 2.90. The van der Waals surface area contributed by atoms with Crippen molar-refractivity contribution in [3.8, 4) is 5.75 Å². The van der Waals surface area contributed by atoms with E-state index in [1.807, 2.05) is 0 Å². The van der Waals surface area contributed by atoms with Gasteiger partial charge in [-0.05, 0) is 25.1 Å². The number of hydrogen-bond donors (Lipinski definition) is 1. The molecule has 0 radical (unpaired) electrons. The van der Waals surface area contributed by atoms with E-state index < -0.39 is 5.97 Å². The van der Waals surface area contributed by atoms with E-state index in [9.17, 15) is 9.90 Å². The first-order valence-electron chi connectivity index (χ1n) is 4.91. The first-order valence-corrected chi connectivity index (χ1v) is 5.29. The van der Waals surface area contributed by atoms with Crippen LogP contribution in [0.25, 0.3) is 10.9 Å². The number of halogens is 1. The molecule has 17 heavy (non-hydrogen) atoms. The molecular formula is C12H10ClNO3. The number of pyridine rings is 1. The van der Waals surface area contributed by atoms with Gasteiger partial charge >= 0.3 is 5.97 Å². The maximum atomic E-state index is 11.3. The molecule has 0 atom stereocenters. The second kappa shape index (κ2) is 4.22. The Bertz CT molecular complexity index is 610. The third kappa shape index (κ3) is 1.91. The van der Waals surface area contributed by atoms with Gasteiger partial charge in [-0.15, -0.1) is 0 Å². The maximum absolute atomic E-state index is 11.3. The number of aryl methyl sites for hydroxylation is 1. The van der Waals surface area contributed by atoms with E-state index in [1.165, 1.54) is 7.11 Å². The van der Waals surface area contributed by atoms with Crippen molar-refractivity contribution >= 4 is 28.5 Å². The lowest BCUT2D eigenvalue weighted by Gasteiger charge is -2.09. The maximum Gasteiger partial charge on any atom is 0.340 e. The van der Waals surface area contributed by atoms with Crippen LogP contribution in [0.3, 0.4) is 0 Å². The number of carboxylic acid groups (broad SMARTS) is 1. The lowest BCUT2D eigenvalue weighted by molar-refractivity contribution is 0.0695. The van der Waals surface area contributed by atoms with E-state index in [1.54, 1.807) is 25.1 Å². The van der Waals surface area contributed by atoms with E-state index >= 15 is 0 Å². The molecule has 1 heterocycles. The highest BCUT2D eigenvalue weighted by atomic mass is 35.5. The van der Waals surface area contributed by atoms with Gasteiger partial charge in [-0.1, -0.05) is 11.6 Å². The number of fused-ring (bicyclic) bond motifs is 1. The number of benzene rings is 1. The molecule has 0 aliphatic rings. The minimum Gasteiger partial charge on any atom is -0.496 e. The first kappa shape index (κ1) is 11.7. The fourth-order valence-corrected chi connectivity index (χ4v) is 2.12.